The number of benzene rings is 1. The number of hydrogen-bond acceptors (Lipinski definition) is 5. The summed E-state index contributed by atoms with van der Waals surface area (Å²) in [6.07, 6.45) is 6.28. The van der Waals surface area contributed by atoms with Gasteiger partial charge >= 0.3 is 0 Å². The molecule has 0 aliphatic carbocycles. The van der Waals surface area contributed by atoms with Crippen LogP contribution in [-0.4, -0.2) is 48.8 Å². The van der Waals surface area contributed by atoms with Gasteiger partial charge in [0.05, 0.1) is 24.6 Å². The summed E-state index contributed by atoms with van der Waals surface area (Å²) in [5, 5.41) is 14.4. The van der Waals surface area contributed by atoms with Crippen molar-refractivity contribution in [1.29, 1.82) is 0 Å². The molecule has 1 aliphatic rings. The Bertz CT molecular complexity index is 997. The molecule has 3 heterocycles. The van der Waals surface area contributed by atoms with Crippen molar-refractivity contribution in [1.82, 2.24) is 24.2 Å². The molecule has 0 spiro atoms. The number of aromatic nitrogens is 4. The topological polar surface area (TPSA) is 93.2 Å². The van der Waals surface area contributed by atoms with Gasteiger partial charge in [-0.25, -0.2) is 9.67 Å². The van der Waals surface area contributed by atoms with Crippen LogP contribution in [-0.2, 0) is 0 Å². The van der Waals surface area contributed by atoms with Crippen LogP contribution >= 0.6 is 0 Å². The van der Waals surface area contributed by atoms with Crippen LogP contribution in [0.1, 0.15) is 28.1 Å². The minimum Gasteiger partial charge on any atom is -0.502 e. The summed E-state index contributed by atoms with van der Waals surface area (Å²) in [5.74, 6) is -1.000. The molecule has 1 aromatic carbocycles. The number of carbonyl (C=O) groups excluding carboxylic acids is 1. The molecule has 26 heavy (non-hydrogen) atoms. The first-order chi connectivity index (χ1) is 12.6. The second kappa shape index (κ2) is 6.14. The Hall–Kier alpha value is -3.42. The van der Waals surface area contributed by atoms with E-state index in [1.807, 2.05) is 41.1 Å². The zero-order valence-electron chi connectivity index (χ0n) is 14.1. The predicted octanol–water partition coefficient (Wildman–Crippen LogP) is 1.06. The second-order valence-electron chi connectivity index (χ2n) is 6.27. The zero-order valence-corrected chi connectivity index (χ0v) is 14.1. The largest absolute Gasteiger partial charge is 0.502 e. The molecule has 1 N–H and O–H groups in total. The van der Waals surface area contributed by atoms with E-state index in [1.165, 1.54) is 9.58 Å². The summed E-state index contributed by atoms with van der Waals surface area (Å²) >= 11 is 0. The molecule has 1 amide bonds. The lowest BCUT2D eigenvalue weighted by Gasteiger charge is -2.37. The normalized spacial score (nSPS) is 17.8. The van der Waals surface area contributed by atoms with Crippen molar-refractivity contribution in [2.45, 2.75) is 12.1 Å². The number of carbonyl (C=O) groups is 1. The van der Waals surface area contributed by atoms with Crippen LogP contribution in [0, 0.1) is 0 Å². The Morgan fingerprint density at radius 2 is 2.00 bits per heavy atom. The Kier molecular flexibility index (Phi) is 3.80. The Balaban J connectivity index is 1.93. The Labute approximate surface area is 148 Å². The molecule has 2 unspecified atom stereocenters. The highest BCUT2D eigenvalue weighted by atomic mass is 16.3. The highest BCUT2D eigenvalue weighted by Crippen LogP contribution is 2.35. The monoisotopic (exact) mass is 351 g/mol. The number of fused-ring (bicyclic) bond motifs is 1. The Morgan fingerprint density at radius 3 is 2.69 bits per heavy atom. The van der Waals surface area contributed by atoms with E-state index >= 15 is 0 Å². The van der Waals surface area contributed by atoms with E-state index < -0.39 is 17.1 Å². The standard InChI is InChI=1S/C18H17N5O3/c1-21-10-13(23-16(18(21)26)17(25)14(24)9-20-23)15(22-8-7-19-11-22)12-5-3-2-4-6-12/h2-9,11,13,15,25H,10H2,1H3. The fourth-order valence-corrected chi connectivity index (χ4v) is 3.44. The lowest BCUT2D eigenvalue weighted by atomic mass is 9.96. The van der Waals surface area contributed by atoms with Crippen LogP contribution in [0.5, 0.6) is 5.75 Å². The average molecular weight is 351 g/mol. The van der Waals surface area contributed by atoms with Gasteiger partial charge < -0.3 is 14.6 Å². The van der Waals surface area contributed by atoms with Gasteiger partial charge in [-0.1, -0.05) is 30.3 Å². The molecule has 0 saturated carbocycles. The van der Waals surface area contributed by atoms with Gasteiger partial charge in [0.15, 0.2) is 11.4 Å². The molecule has 132 valence electrons. The van der Waals surface area contributed by atoms with E-state index in [9.17, 15) is 14.7 Å². The summed E-state index contributed by atoms with van der Waals surface area (Å²) in [6, 6.07) is 9.24. The minimum atomic E-state index is -0.669. The first-order valence-corrected chi connectivity index (χ1v) is 8.16. The number of rotatable bonds is 3. The van der Waals surface area contributed by atoms with Gasteiger partial charge in [-0.2, -0.15) is 5.10 Å². The maximum atomic E-state index is 12.5. The highest BCUT2D eigenvalue weighted by molar-refractivity contribution is 5.95. The SMILES string of the molecule is CN1CC(C(c2ccccc2)n2ccnc2)n2ncc(=O)c(O)c2C1=O. The van der Waals surface area contributed by atoms with Crippen molar-refractivity contribution in [3.8, 4) is 5.75 Å². The molecule has 0 fully saturated rings. The van der Waals surface area contributed by atoms with Crippen molar-refractivity contribution in [2.24, 2.45) is 0 Å². The summed E-state index contributed by atoms with van der Waals surface area (Å²) < 4.78 is 3.39. The molecular weight excluding hydrogens is 334 g/mol. The zero-order chi connectivity index (χ0) is 18.3. The first kappa shape index (κ1) is 16.1. The van der Waals surface area contributed by atoms with Crippen molar-refractivity contribution in [3.05, 3.63) is 76.7 Å². The number of likely N-dealkylation sites (N-methyl/N-ethyl adjacent to an activating group) is 1. The van der Waals surface area contributed by atoms with E-state index in [2.05, 4.69) is 10.1 Å². The van der Waals surface area contributed by atoms with Gasteiger partial charge in [0, 0.05) is 26.0 Å². The summed E-state index contributed by atoms with van der Waals surface area (Å²) in [6.45, 7) is 0.374. The van der Waals surface area contributed by atoms with Crippen molar-refractivity contribution in [3.63, 3.8) is 0 Å². The van der Waals surface area contributed by atoms with E-state index in [0.717, 1.165) is 11.8 Å². The van der Waals surface area contributed by atoms with Crippen LogP contribution in [0.4, 0.5) is 0 Å². The van der Waals surface area contributed by atoms with Gasteiger partial charge in [0.25, 0.3) is 5.91 Å². The molecular formula is C18H17N5O3. The fraction of sp³-hybridized carbons (Fsp3) is 0.222. The lowest BCUT2D eigenvalue weighted by molar-refractivity contribution is 0.0671. The van der Waals surface area contributed by atoms with Gasteiger partial charge in [-0.05, 0) is 5.56 Å². The molecule has 0 bridgehead atoms. The van der Waals surface area contributed by atoms with Gasteiger partial charge in [0.1, 0.15) is 0 Å². The van der Waals surface area contributed by atoms with Gasteiger partial charge in [-0.3, -0.25) is 9.59 Å². The fourth-order valence-electron chi connectivity index (χ4n) is 3.44. The lowest BCUT2D eigenvalue weighted by Crippen LogP contribution is -2.46. The van der Waals surface area contributed by atoms with Crippen LogP contribution in [0.2, 0.25) is 0 Å². The van der Waals surface area contributed by atoms with Gasteiger partial charge in [0.2, 0.25) is 5.43 Å². The molecule has 4 rings (SSSR count). The second-order valence-corrected chi connectivity index (χ2v) is 6.27. The predicted molar refractivity (Wildman–Crippen MR) is 93.0 cm³/mol. The van der Waals surface area contributed by atoms with Crippen LogP contribution < -0.4 is 5.43 Å². The van der Waals surface area contributed by atoms with Crippen LogP contribution in [0.25, 0.3) is 0 Å². The third-order valence-electron chi connectivity index (χ3n) is 4.66. The third kappa shape index (κ3) is 2.46. The van der Waals surface area contributed by atoms with Gasteiger partial charge in [-0.15, -0.1) is 0 Å². The number of nitrogens with zero attached hydrogens (tertiary/aromatic N) is 5. The Morgan fingerprint density at radius 1 is 1.23 bits per heavy atom. The quantitative estimate of drug-likeness (QED) is 0.762. The highest BCUT2D eigenvalue weighted by Gasteiger charge is 2.38. The molecule has 1 aliphatic heterocycles. The van der Waals surface area contributed by atoms with E-state index in [4.69, 9.17) is 0 Å². The molecule has 0 radical (unpaired) electrons. The summed E-state index contributed by atoms with van der Waals surface area (Å²) in [5.41, 5.74) is 0.249. The van der Waals surface area contributed by atoms with E-state index in [-0.39, 0.29) is 17.8 Å². The summed E-state index contributed by atoms with van der Waals surface area (Å²) in [4.78, 5) is 30.0. The van der Waals surface area contributed by atoms with Crippen LogP contribution in [0.3, 0.4) is 0 Å². The number of imidazole rings is 1. The number of aromatic hydroxyl groups is 1. The molecule has 3 aromatic rings. The molecule has 0 saturated heterocycles. The van der Waals surface area contributed by atoms with E-state index in [1.54, 1.807) is 19.6 Å². The van der Waals surface area contributed by atoms with Crippen molar-refractivity contribution >= 4 is 5.91 Å². The molecule has 8 nitrogen and oxygen atoms in total. The number of hydrogen-bond donors (Lipinski definition) is 1. The average Bonchev–Trinajstić information content (AvgIpc) is 3.17. The summed E-state index contributed by atoms with van der Waals surface area (Å²) in [7, 11) is 1.64. The molecule has 2 atom stereocenters. The minimum absolute atomic E-state index is 0.0858. The van der Waals surface area contributed by atoms with Crippen LogP contribution in [0.15, 0.2) is 60.0 Å². The van der Waals surface area contributed by atoms with Crippen molar-refractivity contribution < 1.29 is 9.90 Å². The van der Waals surface area contributed by atoms with E-state index in [0.29, 0.717) is 6.54 Å². The van der Waals surface area contributed by atoms with Crippen molar-refractivity contribution in [2.75, 3.05) is 13.6 Å². The molecule has 2 aromatic heterocycles. The molecule has 8 heteroatoms. The first-order valence-electron chi connectivity index (χ1n) is 8.16. The smallest absolute Gasteiger partial charge is 0.275 e. The maximum Gasteiger partial charge on any atom is 0.275 e. The maximum absolute atomic E-state index is 12.5. The number of amides is 1. The third-order valence-corrected chi connectivity index (χ3v) is 4.66.